The minimum absolute atomic E-state index is 0.0660. The number of halogens is 2. The highest BCUT2D eigenvalue weighted by atomic mass is 32.1. The van der Waals surface area contributed by atoms with Crippen LogP contribution in [0, 0.1) is 25.5 Å². The molecule has 1 amide bonds. The Morgan fingerprint density at radius 2 is 2.10 bits per heavy atom. The Morgan fingerprint density at radius 3 is 2.76 bits per heavy atom. The molecule has 0 fully saturated rings. The quantitative estimate of drug-likeness (QED) is 0.806. The lowest BCUT2D eigenvalue weighted by Crippen LogP contribution is -2.37. The molecule has 0 N–H and O–H groups in total. The fraction of sp³-hybridized carbons (Fsp3) is 0.333. The van der Waals surface area contributed by atoms with E-state index in [1.54, 1.807) is 6.07 Å². The van der Waals surface area contributed by atoms with Crippen molar-refractivity contribution in [2.75, 3.05) is 11.4 Å². The van der Waals surface area contributed by atoms with E-state index in [1.165, 1.54) is 16.2 Å². The maximum atomic E-state index is 14.1. The molecule has 0 saturated carbocycles. The zero-order valence-electron chi connectivity index (χ0n) is 11.7. The molecule has 3 nitrogen and oxygen atoms in total. The van der Waals surface area contributed by atoms with Gasteiger partial charge in [0.15, 0.2) is 11.6 Å². The number of benzene rings is 1. The van der Waals surface area contributed by atoms with E-state index in [1.807, 2.05) is 13.8 Å². The monoisotopic (exact) mass is 308 g/mol. The number of amides is 1. The van der Waals surface area contributed by atoms with E-state index in [9.17, 15) is 13.6 Å². The molecule has 0 unspecified atom stereocenters. The van der Waals surface area contributed by atoms with E-state index in [-0.39, 0.29) is 11.6 Å². The van der Waals surface area contributed by atoms with Crippen molar-refractivity contribution >= 4 is 22.9 Å². The van der Waals surface area contributed by atoms with Crippen LogP contribution >= 0.6 is 11.3 Å². The van der Waals surface area contributed by atoms with E-state index in [4.69, 9.17) is 0 Å². The third kappa shape index (κ3) is 2.33. The van der Waals surface area contributed by atoms with Gasteiger partial charge in [-0.15, -0.1) is 11.3 Å². The van der Waals surface area contributed by atoms with E-state index in [0.717, 1.165) is 22.4 Å². The van der Waals surface area contributed by atoms with Gasteiger partial charge in [0.25, 0.3) is 5.91 Å². The standard InChI is InChI=1S/C15H14F2N2OS/c1-8-13(18-9(2)21-8)15(20)19-7-3-4-10-5-6-11(16)12(17)14(10)19/h5-6H,3-4,7H2,1-2H3. The Kier molecular flexibility index (Phi) is 3.49. The molecule has 3 rings (SSSR count). The summed E-state index contributed by atoms with van der Waals surface area (Å²) >= 11 is 1.42. The first kappa shape index (κ1) is 14.1. The molecule has 6 heteroatoms. The second-order valence-electron chi connectivity index (χ2n) is 5.07. The van der Waals surface area contributed by atoms with Gasteiger partial charge >= 0.3 is 0 Å². The number of aromatic nitrogens is 1. The Labute approximate surface area is 125 Å². The SMILES string of the molecule is Cc1nc(C(=O)N2CCCc3ccc(F)c(F)c32)c(C)s1. The normalized spacial score (nSPS) is 14.2. The molecule has 1 aromatic heterocycles. The average molecular weight is 308 g/mol. The Bertz CT molecular complexity index is 727. The lowest BCUT2D eigenvalue weighted by molar-refractivity contribution is 0.0979. The number of hydrogen-bond acceptors (Lipinski definition) is 3. The molecule has 21 heavy (non-hydrogen) atoms. The number of aryl methyl sites for hydroxylation is 3. The first-order valence-electron chi connectivity index (χ1n) is 6.72. The van der Waals surface area contributed by atoms with Gasteiger partial charge in [0, 0.05) is 11.4 Å². The first-order valence-corrected chi connectivity index (χ1v) is 7.53. The van der Waals surface area contributed by atoms with Crippen LogP contribution in [0.15, 0.2) is 12.1 Å². The largest absolute Gasteiger partial charge is 0.304 e. The van der Waals surface area contributed by atoms with Crippen LogP contribution in [0.5, 0.6) is 0 Å². The molecule has 0 atom stereocenters. The van der Waals surface area contributed by atoms with Crippen molar-refractivity contribution < 1.29 is 13.6 Å². The second kappa shape index (κ2) is 5.18. The van der Waals surface area contributed by atoms with E-state index >= 15 is 0 Å². The summed E-state index contributed by atoms with van der Waals surface area (Å²) in [5, 5.41) is 0.785. The Hall–Kier alpha value is -1.82. The number of anilines is 1. The number of nitrogens with zero attached hydrogens (tertiary/aromatic N) is 2. The number of rotatable bonds is 1. The first-order chi connectivity index (χ1) is 9.99. The van der Waals surface area contributed by atoms with Crippen molar-refractivity contribution in [2.45, 2.75) is 26.7 Å². The van der Waals surface area contributed by atoms with Gasteiger partial charge in [0.1, 0.15) is 5.69 Å². The molecule has 1 aliphatic heterocycles. The van der Waals surface area contributed by atoms with Crippen LogP contribution < -0.4 is 4.90 Å². The summed E-state index contributed by atoms with van der Waals surface area (Å²) < 4.78 is 27.6. The average Bonchev–Trinajstić information content (AvgIpc) is 2.80. The van der Waals surface area contributed by atoms with Gasteiger partial charge in [-0.25, -0.2) is 13.8 Å². The molecule has 0 saturated heterocycles. The molecule has 2 heterocycles. The van der Waals surface area contributed by atoms with Crippen LogP contribution in [0.3, 0.4) is 0 Å². The van der Waals surface area contributed by atoms with Crippen molar-refractivity contribution in [1.29, 1.82) is 0 Å². The highest BCUT2D eigenvalue weighted by molar-refractivity contribution is 7.11. The second-order valence-corrected chi connectivity index (χ2v) is 6.47. The highest BCUT2D eigenvalue weighted by Crippen LogP contribution is 2.33. The molecule has 1 aromatic carbocycles. The summed E-state index contributed by atoms with van der Waals surface area (Å²) in [5.41, 5.74) is 1.06. The molecule has 110 valence electrons. The van der Waals surface area contributed by atoms with E-state index in [2.05, 4.69) is 4.98 Å². The molecule has 0 aliphatic carbocycles. The lowest BCUT2D eigenvalue weighted by atomic mass is 10.0. The van der Waals surface area contributed by atoms with Gasteiger partial charge < -0.3 is 4.90 Å². The van der Waals surface area contributed by atoms with E-state index < -0.39 is 11.6 Å². The molecule has 0 bridgehead atoms. The summed E-state index contributed by atoms with van der Waals surface area (Å²) in [6.07, 6.45) is 1.37. The van der Waals surface area contributed by atoms with Gasteiger partial charge in [0.05, 0.1) is 10.7 Å². The van der Waals surface area contributed by atoms with Crippen LogP contribution in [-0.4, -0.2) is 17.4 Å². The third-order valence-corrected chi connectivity index (χ3v) is 4.49. The number of carbonyl (C=O) groups is 1. The van der Waals surface area contributed by atoms with Gasteiger partial charge in [-0.3, -0.25) is 4.79 Å². The van der Waals surface area contributed by atoms with Crippen LogP contribution in [-0.2, 0) is 6.42 Å². The number of carbonyl (C=O) groups excluding carboxylic acids is 1. The highest BCUT2D eigenvalue weighted by Gasteiger charge is 2.30. The fourth-order valence-electron chi connectivity index (χ4n) is 2.67. The summed E-state index contributed by atoms with van der Waals surface area (Å²) in [5.74, 6) is -2.24. The molecular weight excluding hydrogens is 294 g/mol. The van der Waals surface area contributed by atoms with Gasteiger partial charge in [-0.2, -0.15) is 0 Å². The van der Waals surface area contributed by atoms with Gasteiger partial charge in [-0.1, -0.05) is 6.07 Å². The molecule has 0 radical (unpaired) electrons. The van der Waals surface area contributed by atoms with Crippen LogP contribution in [0.25, 0.3) is 0 Å². The van der Waals surface area contributed by atoms with Crippen LogP contribution in [0.2, 0.25) is 0 Å². The van der Waals surface area contributed by atoms with Gasteiger partial charge in [-0.05, 0) is 38.3 Å². The minimum Gasteiger partial charge on any atom is -0.304 e. The summed E-state index contributed by atoms with van der Waals surface area (Å²) in [6, 6.07) is 2.66. The topological polar surface area (TPSA) is 33.2 Å². The van der Waals surface area contributed by atoms with E-state index in [0.29, 0.717) is 24.2 Å². The van der Waals surface area contributed by atoms with Crippen molar-refractivity contribution in [1.82, 2.24) is 4.98 Å². The van der Waals surface area contributed by atoms with Crippen molar-refractivity contribution in [3.8, 4) is 0 Å². The molecule has 0 spiro atoms. The van der Waals surface area contributed by atoms with Crippen molar-refractivity contribution in [3.63, 3.8) is 0 Å². The number of hydrogen-bond donors (Lipinski definition) is 0. The van der Waals surface area contributed by atoms with Gasteiger partial charge in [0.2, 0.25) is 0 Å². The summed E-state index contributed by atoms with van der Waals surface area (Å²) in [7, 11) is 0. The maximum absolute atomic E-state index is 14.1. The van der Waals surface area contributed by atoms with Crippen molar-refractivity contribution in [3.05, 3.63) is 44.9 Å². The molecule has 1 aliphatic rings. The molecule has 2 aromatic rings. The Balaban J connectivity index is 2.08. The predicted octanol–water partition coefficient (Wildman–Crippen LogP) is 3.63. The zero-order chi connectivity index (χ0) is 15.1. The summed E-state index contributed by atoms with van der Waals surface area (Å²) in [4.78, 5) is 19.0. The number of thiazole rings is 1. The lowest BCUT2D eigenvalue weighted by Gasteiger charge is -2.29. The number of fused-ring (bicyclic) bond motifs is 1. The predicted molar refractivity (Wildman–Crippen MR) is 77.9 cm³/mol. The summed E-state index contributed by atoms with van der Waals surface area (Å²) in [6.45, 7) is 4.01. The third-order valence-electron chi connectivity index (χ3n) is 3.60. The van der Waals surface area contributed by atoms with Crippen molar-refractivity contribution in [2.24, 2.45) is 0 Å². The Morgan fingerprint density at radius 1 is 1.33 bits per heavy atom. The fourth-order valence-corrected chi connectivity index (χ4v) is 3.48. The van der Waals surface area contributed by atoms with Crippen LogP contribution in [0.4, 0.5) is 14.5 Å². The molecular formula is C15H14F2N2OS. The zero-order valence-corrected chi connectivity index (χ0v) is 12.6. The smallest absolute Gasteiger partial charge is 0.278 e. The van der Waals surface area contributed by atoms with Crippen LogP contribution in [0.1, 0.15) is 32.4 Å². The minimum atomic E-state index is -0.954. The maximum Gasteiger partial charge on any atom is 0.278 e.